The molecule has 0 bridgehead atoms. The summed E-state index contributed by atoms with van der Waals surface area (Å²) < 4.78 is 22.6. The van der Waals surface area contributed by atoms with E-state index in [4.69, 9.17) is 0 Å². The summed E-state index contributed by atoms with van der Waals surface area (Å²) in [7, 11) is -3.77. The first-order valence-corrected chi connectivity index (χ1v) is 5.87. The zero-order valence-corrected chi connectivity index (χ0v) is 8.57. The van der Waals surface area contributed by atoms with Gasteiger partial charge in [-0.2, -0.15) is 0 Å². The molecule has 0 aliphatic heterocycles. The van der Waals surface area contributed by atoms with Gasteiger partial charge in [0.2, 0.25) is 15.5 Å². The molecule has 0 saturated carbocycles. The Labute approximate surface area is 116 Å². The van der Waals surface area contributed by atoms with Crippen molar-refractivity contribution in [3.63, 3.8) is 0 Å². The van der Waals surface area contributed by atoms with Gasteiger partial charge in [-0.15, -0.1) is 0 Å². The SMILES string of the molecule is O=CS(=O)(=O)c1ccc2ccccc2c1.[NaH]. The van der Waals surface area contributed by atoms with Crippen LogP contribution in [0, 0.1) is 0 Å². The number of carbonyl (C=O) groups is 1. The van der Waals surface area contributed by atoms with Crippen molar-refractivity contribution in [1.29, 1.82) is 0 Å². The summed E-state index contributed by atoms with van der Waals surface area (Å²) in [5, 5.41) is 1.75. The summed E-state index contributed by atoms with van der Waals surface area (Å²) in [6.45, 7) is 0. The molecule has 0 aliphatic rings. The molecule has 0 saturated heterocycles. The molecular formula is C11H9NaO3S. The predicted molar refractivity (Wildman–Crippen MR) is 65.0 cm³/mol. The maximum absolute atomic E-state index is 11.3. The Morgan fingerprint density at radius 3 is 2.19 bits per heavy atom. The third kappa shape index (κ3) is 2.52. The van der Waals surface area contributed by atoms with Crippen LogP contribution in [0.15, 0.2) is 47.4 Å². The van der Waals surface area contributed by atoms with Crippen molar-refractivity contribution < 1.29 is 13.2 Å². The van der Waals surface area contributed by atoms with Gasteiger partial charge in [-0.1, -0.05) is 30.3 Å². The molecule has 78 valence electrons. The van der Waals surface area contributed by atoms with Crippen LogP contribution >= 0.6 is 0 Å². The average molecular weight is 244 g/mol. The second-order valence-corrected chi connectivity index (χ2v) is 4.90. The van der Waals surface area contributed by atoms with Crippen molar-refractivity contribution >= 4 is 55.8 Å². The van der Waals surface area contributed by atoms with E-state index in [2.05, 4.69) is 0 Å². The van der Waals surface area contributed by atoms with Gasteiger partial charge in [0, 0.05) is 0 Å². The van der Waals surface area contributed by atoms with Crippen LogP contribution in [0.4, 0.5) is 0 Å². The summed E-state index contributed by atoms with van der Waals surface area (Å²) in [4.78, 5) is 10.4. The molecule has 0 aromatic heterocycles. The van der Waals surface area contributed by atoms with Crippen LogP contribution in [0.3, 0.4) is 0 Å². The molecule has 0 radical (unpaired) electrons. The Hall–Kier alpha value is -0.680. The van der Waals surface area contributed by atoms with E-state index in [-0.39, 0.29) is 40.1 Å². The first-order chi connectivity index (χ1) is 7.13. The Morgan fingerprint density at radius 1 is 0.938 bits per heavy atom. The quantitative estimate of drug-likeness (QED) is 0.588. The fourth-order valence-corrected chi connectivity index (χ4v) is 2.06. The normalized spacial score (nSPS) is 10.8. The summed E-state index contributed by atoms with van der Waals surface area (Å²) in [6.07, 6.45) is 0. The molecule has 0 aliphatic carbocycles. The molecule has 5 heteroatoms. The van der Waals surface area contributed by atoms with E-state index in [9.17, 15) is 13.2 Å². The molecule has 2 rings (SSSR count). The molecule has 0 spiro atoms. The Kier molecular flexibility index (Phi) is 4.27. The Balaban J connectivity index is 0.00000128. The number of sulfone groups is 1. The first-order valence-electron chi connectivity index (χ1n) is 4.32. The monoisotopic (exact) mass is 244 g/mol. The molecule has 0 fully saturated rings. The van der Waals surface area contributed by atoms with Gasteiger partial charge >= 0.3 is 29.6 Å². The van der Waals surface area contributed by atoms with Crippen molar-refractivity contribution in [3.8, 4) is 0 Å². The molecule has 0 unspecified atom stereocenters. The van der Waals surface area contributed by atoms with Crippen molar-refractivity contribution in [2.45, 2.75) is 4.90 Å². The van der Waals surface area contributed by atoms with Gasteiger partial charge in [-0.3, -0.25) is 4.79 Å². The maximum atomic E-state index is 11.3. The van der Waals surface area contributed by atoms with E-state index < -0.39 is 9.84 Å². The van der Waals surface area contributed by atoms with Crippen LogP contribution in [0.1, 0.15) is 0 Å². The van der Waals surface area contributed by atoms with Crippen LogP contribution in [-0.4, -0.2) is 43.6 Å². The second kappa shape index (κ2) is 5.10. The Morgan fingerprint density at radius 2 is 1.56 bits per heavy atom. The number of hydrogen-bond acceptors (Lipinski definition) is 3. The van der Waals surface area contributed by atoms with Crippen LogP contribution in [-0.2, 0) is 14.6 Å². The first kappa shape index (κ1) is 13.4. The van der Waals surface area contributed by atoms with Gasteiger partial charge in [0.05, 0.1) is 4.90 Å². The van der Waals surface area contributed by atoms with Gasteiger partial charge in [-0.25, -0.2) is 8.42 Å². The summed E-state index contributed by atoms with van der Waals surface area (Å²) in [6, 6.07) is 12.0. The van der Waals surface area contributed by atoms with Gasteiger partial charge in [0.1, 0.15) is 0 Å². The van der Waals surface area contributed by atoms with E-state index in [1.807, 2.05) is 18.2 Å². The molecule has 0 N–H and O–H groups in total. The fourth-order valence-electron chi connectivity index (χ4n) is 1.40. The third-order valence-electron chi connectivity index (χ3n) is 2.18. The van der Waals surface area contributed by atoms with E-state index >= 15 is 0 Å². The molecular weight excluding hydrogens is 235 g/mol. The molecule has 3 nitrogen and oxygen atoms in total. The number of hydrogen-bond donors (Lipinski definition) is 0. The second-order valence-electron chi connectivity index (χ2n) is 3.15. The van der Waals surface area contributed by atoms with Gasteiger partial charge < -0.3 is 0 Å². The fraction of sp³-hybridized carbons (Fsp3) is 0. The van der Waals surface area contributed by atoms with E-state index in [0.29, 0.717) is 0 Å². The third-order valence-corrected chi connectivity index (χ3v) is 3.34. The van der Waals surface area contributed by atoms with Crippen molar-refractivity contribution in [1.82, 2.24) is 0 Å². The molecule has 2 aromatic rings. The molecule has 0 atom stereocenters. The van der Waals surface area contributed by atoms with Gasteiger partial charge in [0.25, 0.3) is 0 Å². The number of rotatable bonds is 2. The summed E-state index contributed by atoms with van der Waals surface area (Å²) >= 11 is 0. The van der Waals surface area contributed by atoms with Crippen molar-refractivity contribution in [2.75, 3.05) is 0 Å². The number of benzene rings is 2. The van der Waals surface area contributed by atoms with Crippen LogP contribution in [0.5, 0.6) is 0 Å². The van der Waals surface area contributed by atoms with E-state index in [1.54, 1.807) is 12.1 Å². The molecule has 16 heavy (non-hydrogen) atoms. The average Bonchev–Trinajstić information content (AvgIpc) is 2.28. The standard InChI is InChI=1S/C11H8O3S.Na.H/c12-8-15(13,14)11-6-5-9-3-1-2-4-10(9)7-11;;/h1-8H;;. The zero-order valence-electron chi connectivity index (χ0n) is 7.75. The number of fused-ring (bicyclic) bond motifs is 1. The number of carbonyl (C=O) groups excluding carboxylic acids is 1. The molecule has 0 heterocycles. The van der Waals surface area contributed by atoms with Gasteiger partial charge in [0.15, 0.2) is 0 Å². The van der Waals surface area contributed by atoms with Crippen LogP contribution in [0.25, 0.3) is 10.8 Å². The minimum atomic E-state index is -3.77. The van der Waals surface area contributed by atoms with Crippen molar-refractivity contribution in [2.24, 2.45) is 0 Å². The van der Waals surface area contributed by atoms with Gasteiger partial charge in [-0.05, 0) is 22.9 Å². The Bertz CT molecular complexity index is 620. The summed E-state index contributed by atoms with van der Waals surface area (Å²) in [5.74, 6) is 0. The topological polar surface area (TPSA) is 51.2 Å². The van der Waals surface area contributed by atoms with Crippen LogP contribution in [0.2, 0.25) is 0 Å². The zero-order chi connectivity index (χ0) is 10.9. The van der Waals surface area contributed by atoms with Crippen molar-refractivity contribution in [3.05, 3.63) is 42.5 Å². The predicted octanol–water partition coefficient (Wildman–Crippen LogP) is 1.16. The van der Waals surface area contributed by atoms with E-state index in [1.165, 1.54) is 12.1 Å². The van der Waals surface area contributed by atoms with E-state index in [0.717, 1.165) is 10.8 Å². The molecule has 0 amide bonds. The summed E-state index contributed by atoms with van der Waals surface area (Å²) in [5.41, 5.74) is -0.0306. The van der Waals surface area contributed by atoms with Crippen LogP contribution < -0.4 is 0 Å². The minimum absolute atomic E-state index is 0. The molecule has 2 aromatic carbocycles.